The van der Waals surface area contributed by atoms with E-state index in [1.807, 2.05) is 4.57 Å². The molecule has 0 aromatic carbocycles. The van der Waals surface area contributed by atoms with E-state index < -0.39 is 0 Å². The Balaban J connectivity index is 2.76. The first-order chi connectivity index (χ1) is 9.13. The number of aliphatic hydroxyl groups excluding tert-OH is 1. The molecule has 0 spiro atoms. The first-order valence-corrected chi connectivity index (χ1v) is 6.99. The van der Waals surface area contributed by atoms with Gasteiger partial charge in [-0.2, -0.15) is 0 Å². The van der Waals surface area contributed by atoms with Crippen molar-refractivity contribution in [2.45, 2.75) is 37.4 Å². The van der Waals surface area contributed by atoms with Crippen LogP contribution in [0.1, 0.15) is 19.5 Å². The lowest BCUT2D eigenvalue weighted by molar-refractivity contribution is -0.142. The molecule has 7 heteroatoms. The van der Waals surface area contributed by atoms with Crippen LogP contribution in [0.5, 0.6) is 0 Å². The number of rotatable bonds is 8. The first-order valence-electron chi connectivity index (χ1n) is 6.11. The van der Waals surface area contributed by atoms with E-state index in [9.17, 15) is 9.90 Å². The molecule has 0 aliphatic heterocycles. The van der Waals surface area contributed by atoms with Crippen molar-refractivity contribution in [2.24, 2.45) is 0 Å². The highest BCUT2D eigenvalue weighted by atomic mass is 32.2. The monoisotopic (exact) mass is 288 g/mol. The van der Waals surface area contributed by atoms with Gasteiger partial charge in [0.25, 0.3) is 0 Å². The van der Waals surface area contributed by atoms with Crippen LogP contribution in [0.15, 0.2) is 11.4 Å². The molecular weight excluding hydrogens is 268 g/mol. The van der Waals surface area contributed by atoms with Gasteiger partial charge in [-0.1, -0.05) is 11.8 Å². The maximum Gasteiger partial charge on any atom is 0.319 e. The molecule has 1 rings (SSSR count). The van der Waals surface area contributed by atoms with Gasteiger partial charge in [-0.3, -0.25) is 4.79 Å². The van der Waals surface area contributed by atoms with E-state index in [0.29, 0.717) is 30.6 Å². The normalized spacial score (nSPS) is 12.4. The molecule has 0 aliphatic rings. The molecule has 0 saturated heterocycles. The van der Waals surface area contributed by atoms with Gasteiger partial charge in [-0.05, 0) is 13.8 Å². The number of thioether (sulfide) groups is 1. The minimum Gasteiger partial charge on any atom is -0.465 e. The second kappa shape index (κ2) is 8.19. The zero-order valence-corrected chi connectivity index (χ0v) is 12.3. The van der Waals surface area contributed by atoms with Gasteiger partial charge in [0.1, 0.15) is 5.25 Å². The number of ether oxygens (including phenoxy) is 2. The fourth-order valence-electron chi connectivity index (χ4n) is 1.50. The van der Waals surface area contributed by atoms with Crippen LogP contribution >= 0.6 is 11.8 Å². The number of hydrogen-bond acceptors (Lipinski definition) is 6. The summed E-state index contributed by atoms with van der Waals surface area (Å²) in [7, 11) is 1.61. The van der Waals surface area contributed by atoms with Crippen LogP contribution in [0.25, 0.3) is 0 Å². The highest BCUT2D eigenvalue weighted by Crippen LogP contribution is 2.24. The van der Waals surface area contributed by atoms with Gasteiger partial charge in [0.15, 0.2) is 5.16 Å². The number of carbonyl (C=O) groups is 1. The lowest BCUT2D eigenvalue weighted by Gasteiger charge is -2.13. The number of aliphatic hydroxyl groups is 1. The Bertz CT molecular complexity index is 408. The average Bonchev–Trinajstić information content (AvgIpc) is 2.78. The predicted molar refractivity (Wildman–Crippen MR) is 72.0 cm³/mol. The molecule has 6 nitrogen and oxygen atoms in total. The molecule has 0 radical (unpaired) electrons. The van der Waals surface area contributed by atoms with E-state index in [4.69, 9.17) is 9.47 Å². The van der Waals surface area contributed by atoms with Crippen LogP contribution in [0.3, 0.4) is 0 Å². The largest absolute Gasteiger partial charge is 0.465 e. The van der Waals surface area contributed by atoms with Gasteiger partial charge in [-0.25, -0.2) is 4.98 Å². The van der Waals surface area contributed by atoms with E-state index in [-0.39, 0.29) is 17.8 Å². The summed E-state index contributed by atoms with van der Waals surface area (Å²) in [6.07, 6.45) is 1.61. The SMILES string of the molecule is CCOC(=O)C(C)Sc1ncc(CO)n1CCOC. The lowest BCUT2D eigenvalue weighted by atomic mass is 10.5. The Kier molecular flexibility index (Phi) is 6.90. The average molecular weight is 288 g/mol. The van der Waals surface area contributed by atoms with Gasteiger partial charge in [0.05, 0.1) is 31.7 Å². The maximum atomic E-state index is 11.6. The van der Waals surface area contributed by atoms with E-state index in [0.717, 1.165) is 0 Å². The molecule has 108 valence electrons. The van der Waals surface area contributed by atoms with Gasteiger partial charge in [0, 0.05) is 13.7 Å². The Morgan fingerprint density at radius 3 is 2.95 bits per heavy atom. The second-order valence-corrected chi connectivity index (χ2v) is 5.15. The Hall–Kier alpha value is -1.05. The Morgan fingerprint density at radius 1 is 1.63 bits per heavy atom. The van der Waals surface area contributed by atoms with Crippen molar-refractivity contribution < 1.29 is 19.4 Å². The van der Waals surface area contributed by atoms with Crippen molar-refractivity contribution >= 4 is 17.7 Å². The minimum absolute atomic E-state index is 0.0922. The molecule has 0 saturated carbocycles. The predicted octanol–water partition coefficient (Wildman–Crippen LogP) is 1.07. The lowest BCUT2D eigenvalue weighted by Crippen LogP contribution is -2.18. The van der Waals surface area contributed by atoms with E-state index in [2.05, 4.69) is 4.98 Å². The summed E-state index contributed by atoms with van der Waals surface area (Å²) in [6.45, 7) is 4.93. The quantitative estimate of drug-likeness (QED) is 0.570. The van der Waals surface area contributed by atoms with Crippen LogP contribution < -0.4 is 0 Å². The summed E-state index contributed by atoms with van der Waals surface area (Å²) in [5.74, 6) is -0.265. The zero-order chi connectivity index (χ0) is 14.3. The third-order valence-corrected chi connectivity index (χ3v) is 3.57. The second-order valence-electron chi connectivity index (χ2n) is 3.85. The fourth-order valence-corrected chi connectivity index (χ4v) is 2.43. The standard InChI is InChI=1S/C12H20N2O4S/c1-4-18-11(16)9(2)19-12-13-7-10(8-15)14(12)5-6-17-3/h7,9,15H,4-6,8H2,1-3H3. The number of aromatic nitrogens is 2. The van der Waals surface area contributed by atoms with Gasteiger partial charge >= 0.3 is 5.97 Å². The number of esters is 1. The van der Waals surface area contributed by atoms with Crippen LogP contribution in [-0.2, 0) is 27.4 Å². The van der Waals surface area contributed by atoms with E-state index in [1.165, 1.54) is 11.8 Å². The molecule has 0 fully saturated rings. The molecule has 1 atom stereocenters. The molecule has 1 aromatic rings. The molecule has 0 bridgehead atoms. The van der Waals surface area contributed by atoms with E-state index in [1.54, 1.807) is 27.2 Å². The van der Waals surface area contributed by atoms with Crippen molar-refractivity contribution in [3.8, 4) is 0 Å². The molecule has 0 aliphatic carbocycles. The maximum absolute atomic E-state index is 11.6. The number of methoxy groups -OCH3 is 1. The summed E-state index contributed by atoms with van der Waals surface area (Å²) in [6, 6.07) is 0. The number of imidazole rings is 1. The summed E-state index contributed by atoms with van der Waals surface area (Å²) in [4.78, 5) is 15.8. The molecule has 1 N–H and O–H groups in total. The molecule has 1 aromatic heterocycles. The van der Waals surface area contributed by atoms with Gasteiger partial charge < -0.3 is 19.1 Å². The first kappa shape index (κ1) is 16.0. The van der Waals surface area contributed by atoms with Crippen LogP contribution in [0, 0.1) is 0 Å². The zero-order valence-electron chi connectivity index (χ0n) is 11.5. The fraction of sp³-hybridized carbons (Fsp3) is 0.667. The minimum atomic E-state index is -0.338. The van der Waals surface area contributed by atoms with E-state index >= 15 is 0 Å². The third kappa shape index (κ3) is 4.52. The molecule has 1 unspecified atom stereocenters. The summed E-state index contributed by atoms with van der Waals surface area (Å²) < 4.78 is 11.8. The van der Waals surface area contributed by atoms with Crippen molar-refractivity contribution in [1.29, 1.82) is 0 Å². The summed E-state index contributed by atoms with van der Waals surface area (Å²) >= 11 is 1.32. The third-order valence-electron chi connectivity index (χ3n) is 2.48. The highest BCUT2D eigenvalue weighted by molar-refractivity contribution is 8.00. The number of nitrogens with zero attached hydrogens (tertiary/aromatic N) is 2. The molecule has 0 amide bonds. The summed E-state index contributed by atoms with van der Waals surface area (Å²) in [5.41, 5.74) is 0.704. The molecule has 1 heterocycles. The number of carbonyl (C=O) groups excluding carboxylic acids is 1. The van der Waals surface area contributed by atoms with Gasteiger partial charge in [0.2, 0.25) is 0 Å². The smallest absolute Gasteiger partial charge is 0.319 e. The van der Waals surface area contributed by atoms with Crippen LogP contribution in [-0.4, -0.2) is 46.2 Å². The molecular formula is C12H20N2O4S. The Labute approximate surface area is 117 Å². The van der Waals surface area contributed by atoms with Crippen molar-refractivity contribution in [3.05, 3.63) is 11.9 Å². The van der Waals surface area contributed by atoms with Crippen molar-refractivity contribution in [3.63, 3.8) is 0 Å². The van der Waals surface area contributed by atoms with Crippen LogP contribution in [0.4, 0.5) is 0 Å². The van der Waals surface area contributed by atoms with Gasteiger partial charge in [-0.15, -0.1) is 0 Å². The van der Waals surface area contributed by atoms with Crippen molar-refractivity contribution in [1.82, 2.24) is 9.55 Å². The van der Waals surface area contributed by atoms with Crippen LogP contribution in [0.2, 0.25) is 0 Å². The summed E-state index contributed by atoms with van der Waals surface area (Å²) in [5, 5.41) is 9.60. The van der Waals surface area contributed by atoms with Crippen molar-refractivity contribution in [2.75, 3.05) is 20.3 Å². The molecule has 19 heavy (non-hydrogen) atoms. The topological polar surface area (TPSA) is 73.6 Å². The number of hydrogen-bond donors (Lipinski definition) is 1. The highest BCUT2D eigenvalue weighted by Gasteiger charge is 2.19. The Morgan fingerprint density at radius 2 is 2.37 bits per heavy atom.